The van der Waals surface area contributed by atoms with Crippen LogP contribution in [0.15, 0.2) is 77.7 Å². The third-order valence-corrected chi connectivity index (χ3v) is 8.50. The van der Waals surface area contributed by atoms with Crippen LogP contribution in [0.1, 0.15) is 43.0 Å². The summed E-state index contributed by atoms with van der Waals surface area (Å²) in [7, 11) is -4.09. The van der Waals surface area contributed by atoms with Crippen LogP contribution in [-0.4, -0.2) is 44.3 Å². The molecule has 0 fully saturated rings. The second-order valence-corrected chi connectivity index (χ2v) is 12.2. The number of carbonyl (C=O) groups excluding carboxylic acids is 2. The number of aryl methyl sites for hydroxylation is 3. The lowest BCUT2D eigenvalue weighted by atomic mass is 10.1. The molecule has 0 radical (unpaired) electrons. The van der Waals surface area contributed by atoms with Gasteiger partial charge in [0, 0.05) is 13.1 Å². The van der Waals surface area contributed by atoms with Crippen LogP contribution in [0.2, 0.25) is 0 Å². The topological polar surface area (TPSA) is 86.8 Å². The van der Waals surface area contributed by atoms with Gasteiger partial charge in [-0.15, -0.1) is 0 Å². The first kappa shape index (κ1) is 29.9. The smallest absolute Gasteiger partial charge is 0.264 e. The van der Waals surface area contributed by atoms with E-state index in [0.29, 0.717) is 17.8 Å². The predicted octanol–water partition coefficient (Wildman–Crippen LogP) is 5.00. The number of amides is 2. The van der Waals surface area contributed by atoms with Gasteiger partial charge in [-0.05, 0) is 68.5 Å². The van der Waals surface area contributed by atoms with Crippen molar-refractivity contribution in [1.82, 2.24) is 10.2 Å². The monoisotopic (exact) mass is 549 g/mol. The van der Waals surface area contributed by atoms with E-state index in [1.165, 1.54) is 4.90 Å². The van der Waals surface area contributed by atoms with Crippen LogP contribution in [0.3, 0.4) is 0 Å². The first-order valence-corrected chi connectivity index (χ1v) is 14.6. The first-order chi connectivity index (χ1) is 18.4. The van der Waals surface area contributed by atoms with Crippen molar-refractivity contribution >= 4 is 27.5 Å². The van der Waals surface area contributed by atoms with Crippen molar-refractivity contribution in [2.45, 2.75) is 59.0 Å². The molecule has 0 bridgehead atoms. The fraction of sp³-hybridized carbons (Fsp3) is 0.355. The molecule has 8 heteroatoms. The second-order valence-electron chi connectivity index (χ2n) is 10.4. The molecule has 0 aliphatic carbocycles. The molecule has 3 aromatic rings. The van der Waals surface area contributed by atoms with Gasteiger partial charge in [0.1, 0.15) is 12.6 Å². The van der Waals surface area contributed by atoms with E-state index in [2.05, 4.69) is 5.32 Å². The Bertz CT molecular complexity index is 1400. The molecule has 208 valence electrons. The SMILES string of the molecule is Cc1ccc(S(=O)(=O)N(CC(=O)N(Cc2ccccc2C)C(C)C(=O)NCC(C)C)c2ccccc2C)cc1. The highest BCUT2D eigenvalue weighted by Gasteiger charge is 2.33. The zero-order valence-electron chi connectivity index (χ0n) is 23.6. The molecule has 0 spiro atoms. The minimum Gasteiger partial charge on any atom is -0.354 e. The molecule has 39 heavy (non-hydrogen) atoms. The average molecular weight is 550 g/mol. The maximum atomic E-state index is 14.0. The van der Waals surface area contributed by atoms with Crippen molar-refractivity contribution in [1.29, 1.82) is 0 Å². The van der Waals surface area contributed by atoms with Crippen LogP contribution in [0.5, 0.6) is 0 Å². The summed E-state index contributed by atoms with van der Waals surface area (Å²) in [6, 6.07) is 20.5. The van der Waals surface area contributed by atoms with E-state index in [4.69, 9.17) is 0 Å². The van der Waals surface area contributed by atoms with Gasteiger partial charge in [-0.2, -0.15) is 0 Å². The van der Waals surface area contributed by atoms with Gasteiger partial charge < -0.3 is 10.2 Å². The van der Waals surface area contributed by atoms with Crippen molar-refractivity contribution < 1.29 is 18.0 Å². The van der Waals surface area contributed by atoms with Crippen molar-refractivity contribution in [3.8, 4) is 0 Å². The number of carbonyl (C=O) groups is 2. The molecule has 0 aromatic heterocycles. The summed E-state index contributed by atoms with van der Waals surface area (Å²) in [6.45, 7) is 11.5. The number of nitrogens with one attached hydrogen (secondary N) is 1. The van der Waals surface area contributed by atoms with Gasteiger partial charge in [-0.3, -0.25) is 13.9 Å². The summed E-state index contributed by atoms with van der Waals surface area (Å²) in [4.78, 5) is 28.7. The van der Waals surface area contributed by atoms with E-state index in [0.717, 1.165) is 21.0 Å². The zero-order valence-corrected chi connectivity index (χ0v) is 24.5. The lowest BCUT2D eigenvalue weighted by molar-refractivity contribution is -0.139. The van der Waals surface area contributed by atoms with E-state index >= 15 is 0 Å². The van der Waals surface area contributed by atoms with Gasteiger partial charge in [-0.25, -0.2) is 8.42 Å². The standard InChI is InChI=1S/C31H39N3O4S/c1-22(2)19-32-31(36)26(6)33(20-27-13-9-7-11-24(27)4)30(35)21-34(29-14-10-8-12-25(29)5)39(37,38)28-17-15-23(3)16-18-28/h7-18,22,26H,19-21H2,1-6H3,(H,32,36). The minimum atomic E-state index is -4.09. The Hall–Kier alpha value is -3.65. The highest BCUT2D eigenvalue weighted by atomic mass is 32.2. The number of para-hydroxylation sites is 1. The molecule has 1 atom stereocenters. The molecular formula is C31H39N3O4S. The number of hydrogen-bond donors (Lipinski definition) is 1. The normalized spacial score (nSPS) is 12.2. The van der Waals surface area contributed by atoms with Crippen LogP contribution >= 0.6 is 0 Å². The van der Waals surface area contributed by atoms with Gasteiger partial charge in [0.2, 0.25) is 11.8 Å². The summed E-state index contributed by atoms with van der Waals surface area (Å²) in [5, 5.41) is 2.91. The Labute approximate surface area is 232 Å². The Morgan fingerprint density at radius 1 is 0.821 bits per heavy atom. The molecule has 3 rings (SSSR count). The van der Waals surface area contributed by atoms with Crippen LogP contribution in [0.4, 0.5) is 5.69 Å². The lowest BCUT2D eigenvalue weighted by Gasteiger charge is -2.33. The van der Waals surface area contributed by atoms with Crippen molar-refractivity contribution in [2.24, 2.45) is 5.92 Å². The van der Waals surface area contributed by atoms with E-state index in [1.54, 1.807) is 43.3 Å². The summed E-state index contributed by atoms with van der Waals surface area (Å²) >= 11 is 0. The minimum absolute atomic E-state index is 0.0948. The molecule has 3 aromatic carbocycles. The number of benzene rings is 3. The number of nitrogens with zero attached hydrogens (tertiary/aromatic N) is 2. The number of rotatable bonds is 11. The quantitative estimate of drug-likeness (QED) is 0.365. The van der Waals surface area contributed by atoms with Gasteiger partial charge in [-0.1, -0.05) is 74.0 Å². The van der Waals surface area contributed by atoms with Crippen LogP contribution in [-0.2, 0) is 26.2 Å². The van der Waals surface area contributed by atoms with E-state index in [-0.39, 0.29) is 23.3 Å². The van der Waals surface area contributed by atoms with Crippen molar-refractivity contribution in [3.05, 3.63) is 95.1 Å². The highest BCUT2D eigenvalue weighted by Crippen LogP contribution is 2.27. The molecule has 0 saturated heterocycles. The molecule has 2 amide bonds. The number of hydrogen-bond acceptors (Lipinski definition) is 4. The summed E-state index contributed by atoms with van der Waals surface area (Å²) in [5.41, 5.74) is 3.93. The Balaban J connectivity index is 2.03. The van der Waals surface area contributed by atoms with Crippen LogP contribution in [0.25, 0.3) is 0 Å². The Kier molecular flexibility index (Phi) is 9.92. The lowest BCUT2D eigenvalue weighted by Crippen LogP contribution is -2.51. The van der Waals surface area contributed by atoms with Crippen LogP contribution in [0, 0.1) is 26.7 Å². The maximum absolute atomic E-state index is 14.0. The van der Waals surface area contributed by atoms with Gasteiger partial charge in [0.15, 0.2) is 0 Å². The van der Waals surface area contributed by atoms with Crippen molar-refractivity contribution in [2.75, 3.05) is 17.4 Å². The molecule has 0 heterocycles. The van der Waals surface area contributed by atoms with Gasteiger partial charge >= 0.3 is 0 Å². The third-order valence-electron chi connectivity index (χ3n) is 6.73. The molecule has 0 aliphatic rings. The number of anilines is 1. The maximum Gasteiger partial charge on any atom is 0.264 e. The third kappa shape index (κ3) is 7.47. The fourth-order valence-corrected chi connectivity index (χ4v) is 5.68. The van der Waals surface area contributed by atoms with Crippen LogP contribution < -0.4 is 9.62 Å². The van der Waals surface area contributed by atoms with E-state index < -0.39 is 28.5 Å². The largest absolute Gasteiger partial charge is 0.354 e. The fourth-order valence-electron chi connectivity index (χ4n) is 4.20. The highest BCUT2D eigenvalue weighted by molar-refractivity contribution is 7.92. The van der Waals surface area contributed by atoms with Crippen molar-refractivity contribution in [3.63, 3.8) is 0 Å². The summed E-state index contributed by atoms with van der Waals surface area (Å²) in [6.07, 6.45) is 0. The Morgan fingerprint density at radius 2 is 1.41 bits per heavy atom. The van der Waals surface area contributed by atoms with Gasteiger partial charge in [0.25, 0.3) is 10.0 Å². The second kappa shape index (κ2) is 12.9. The molecule has 0 aliphatic heterocycles. The molecule has 1 unspecified atom stereocenters. The Morgan fingerprint density at radius 3 is 2.00 bits per heavy atom. The average Bonchev–Trinajstić information content (AvgIpc) is 2.90. The molecular weight excluding hydrogens is 510 g/mol. The summed E-state index contributed by atoms with van der Waals surface area (Å²) in [5.74, 6) is -0.503. The van der Waals surface area contributed by atoms with E-state index in [9.17, 15) is 18.0 Å². The van der Waals surface area contributed by atoms with Gasteiger partial charge in [0.05, 0.1) is 10.6 Å². The number of sulfonamides is 1. The molecule has 0 saturated carbocycles. The molecule has 7 nitrogen and oxygen atoms in total. The summed E-state index contributed by atoms with van der Waals surface area (Å²) < 4.78 is 29.0. The zero-order chi connectivity index (χ0) is 28.7. The molecule has 1 N–H and O–H groups in total. The first-order valence-electron chi connectivity index (χ1n) is 13.2. The predicted molar refractivity (Wildman–Crippen MR) is 156 cm³/mol. The van der Waals surface area contributed by atoms with E-state index in [1.807, 2.05) is 71.0 Å².